The number of amides is 12. The minimum absolute atomic E-state index is 0.00375. The van der Waals surface area contributed by atoms with Crippen molar-refractivity contribution < 1.29 is 83.9 Å². The number of carbonyl (C=O) groups excluding carboxylic acids is 12. The topological polar surface area (TPSA) is 270 Å². The van der Waals surface area contributed by atoms with E-state index in [0.29, 0.717) is 37.0 Å². The molecule has 3 fully saturated rings. The van der Waals surface area contributed by atoms with Crippen molar-refractivity contribution in [3.63, 3.8) is 0 Å². The van der Waals surface area contributed by atoms with E-state index in [1.165, 1.54) is 99.2 Å². The van der Waals surface area contributed by atoms with E-state index in [2.05, 4.69) is 16.0 Å². The van der Waals surface area contributed by atoms with E-state index >= 15 is 28.0 Å². The summed E-state index contributed by atoms with van der Waals surface area (Å²) < 4.78 is 86.4. The number of nitrogens with zero attached hydrogens (tertiary/aromatic N) is 9. The van der Waals surface area contributed by atoms with Crippen LogP contribution in [0.5, 0.6) is 0 Å². The molecule has 3 N–H and O–H groups in total. The molecule has 6 rings (SSSR count). The fourth-order valence-electron chi connectivity index (χ4n) is 13.4. The Bertz CT molecular complexity index is 3610. The Morgan fingerprint density at radius 3 is 1.69 bits per heavy atom. The Hall–Kier alpha value is -9.12. The van der Waals surface area contributed by atoms with Crippen LogP contribution in [-0.4, -0.2) is 251 Å². The van der Waals surface area contributed by atoms with E-state index < -0.39 is 204 Å². The van der Waals surface area contributed by atoms with Gasteiger partial charge in [-0.15, -0.1) is 0 Å². The summed E-state index contributed by atoms with van der Waals surface area (Å²) in [6.07, 6.45) is -6.35. The molecule has 3 aromatic carbocycles. The second-order valence-corrected chi connectivity index (χ2v) is 28.2. The van der Waals surface area contributed by atoms with Crippen LogP contribution in [0.1, 0.15) is 127 Å². The maximum Gasteiger partial charge on any atom is 0.422 e. The number of carbonyl (C=O) groups is 12. The first-order valence-corrected chi connectivity index (χ1v) is 34.8. The SMILES string of the molecule is CC[C@H](C)[C@@H]1NC(=O)[C@H](C)N(C)C(=O)C[C@@H](C(=O)N(C)C)N(C)C(=O)[C@H]([C@@H](C)CC)N(C)C(=O)C2(CCCC2)NC(=O)[C@H](Cc2ccc(F)cc2)N(C)C(=O)[C@H](CCc2cc(F)c(C(F)(F)F)c(F)c2)NC(=O)CN(C)C(=O)[C@H](Cc2ccc(C)cc2)N(C)C(=O)[C@@H]2CCN2C(=O)[C@H](C)N(C)C1=O. The lowest BCUT2D eigenvalue weighted by Gasteiger charge is -2.45. The lowest BCUT2D eigenvalue weighted by atomic mass is 9.90. The van der Waals surface area contributed by atoms with Gasteiger partial charge >= 0.3 is 6.18 Å². The van der Waals surface area contributed by atoms with Gasteiger partial charge in [0.1, 0.15) is 82.9 Å². The van der Waals surface area contributed by atoms with Crippen LogP contribution in [0.4, 0.5) is 26.3 Å². The molecular weight excluding hydrogens is 1350 g/mol. The maximum atomic E-state index is 15.6. The van der Waals surface area contributed by atoms with Crippen LogP contribution in [0.25, 0.3) is 0 Å². The molecule has 11 atom stereocenters. The smallest absolute Gasteiger partial charge is 0.347 e. The third kappa shape index (κ3) is 19.4. The van der Waals surface area contributed by atoms with Gasteiger partial charge < -0.3 is 60.0 Å². The van der Waals surface area contributed by atoms with Gasteiger partial charge in [0.2, 0.25) is 70.9 Å². The largest absolute Gasteiger partial charge is 0.422 e. The van der Waals surface area contributed by atoms with E-state index in [1.807, 2.05) is 6.92 Å². The molecule has 0 bridgehead atoms. The summed E-state index contributed by atoms with van der Waals surface area (Å²) in [5, 5.41) is 8.23. The molecule has 3 aromatic rings. The van der Waals surface area contributed by atoms with Gasteiger partial charge in [-0.05, 0) is 106 Å². The van der Waals surface area contributed by atoms with E-state index in [4.69, 9.17) is 0 Å². The molecule has 0 aromatic heterocycles. The van der Waals surface area contributed by atoms with Gasteiger partial charge in [0.25, 0.3) is 0 Å². The Balaban J connectivity index is 1.49. The van der Waals surface area contributed by atoms with Crippen LogP contribution in [0.15, 0.2) is 60.7 Å². The van der Waals surface area contributed by atoms with Crippen molar-refractivity contribution in [3.8, 4) is 0 Å². The highest BCUT2D eigenvalue weighted by Crippen LogP contribution is 2.36. The fourth-order valence-corrected chi connectivity index (χ4v) is 13.4. The van der Waals surface area contributed by atoms with Crippen molar-refractivity contribution in [2.24, 2.45) is 11.8 Å². The molecule has 1 aliphatic carbocycles. The number of fused-ring (bicyclic) bond motifs is 1. The summed E-state index contributed by atoms with van der Waals surface area (Å²) in [4.78, 5) is 188. The number of likely N-dealkylation sites (N-methyl/N-ethyl adjacent to an activating group) is 8. The first-order chi connectivity index (χ1) is 48.1. The third-order valence-electron chi connectivity index (χ3n) is 20.9. The summed E-state index contributed by atoms with van der Waals surface area (Å²) in [5.41, 5.74) is -2.65. The standard InChI is InChI=1S/C73H100F6N12O12/c1-17-42(4)60-69(101)86(12)45(7)64(96)91-34-31-53(91)68(100)88(14)55(38-46-23-21-41(3)22-24-46)67(99)84(10)40-57(92)80-52(30-27-48-35-50(75)59(51(76)36-48)73(77,78)79)65(97)87(13)54(37-47-25-28-49(74)29-26-47)63(95)82-72(32-19-20-33-72)71(103)90(16)61(43(5)18-2)70(102)89(15)56(66(98)83(8)9)39-58(93)85(11)44(6)62(94)81-60/h21-26,28-29,35-36,42-45,52-56,60-61H,17-20,27,30-34,37-40H2,1-16H3,(H,80,92)(H,81,94)(H,82,95)/t42-,43-,44-,45-,52-,53-,54-,55-,56-,60-,61-/m0/s1. The predicted molar refractivity (Wildman–Crippen MR) is 369 cm³/mol. The number of aryl methyl sites for hydroxylation is 2. The highest BCUT2D eigenvalue weighted by Gasteiger charge is 2.51. The van der Waals surface area contributed by atoms with Crippen LogP contribution < -0.4 is 16.0 Å². The second kappa shape index (κ2) is 34.9. The van der Waals surface area contributed by atoms with Crippen LogP contribution in [-0.2, 0) is 83.0 Å². The van der Waals surface area contributed by atoms with Gasteiger partial charge in [0.05, 0.1) is 13.0 Å². The minimum Gasteiger partial charge on any atom is -0.347 e. The first-order valence-electron chi connectivity index (χ1n) is 34.8. The highest BCUT2D eigenvalue weighted by atomic mass is 19.4. The molecule has 30 heteroatoms. The normalized spacial score (nSPS) is 25.0. The quantitative estimate of drug-likeness (QED) is 0.205. The van der Waals surface area contributed by atoms with Gasteiger partial charge in [-0.25, -0.2) is 13.2 Å². The van der Waals surface area contributed by atoms with E-state index in [9.17, 15) is 55.9 Å². The molecule has 0 radical (unpaired) electrons. The van der Waals surface area contributed by atoms with Gasteiger partial charge in [-0.3, -0.25) is 57.5 Å². The molecule has 1 saturated carbocycles. The average Bonchev–Trinajstić information content (AvgIpc) is 1.71. The molecule has 12 amide bonds. The monoisotopic (exact) mass is 1450 g/mol. The third-order valence-corrected chi connectivity index (χ3v) is 20.9. The van der Waals surface area contributed by atoms with Crippen LogP contribution in [0, 0.1) is 36.2 Å². The molecule has 2 heterocycles. The molecule has 1 spiro atoms. The number of alkyl halides is 3. The molecule has 0 unspecified atom stereocenters. The zero-order valence-electron chi connectivity index (χ0n) is 61.7. The van der Waals surface area contributed by atoms with Gasteiger partial charge in [-0.1, -0.05) is 95.3 Å². The average molecular weight is 1450 g/mol. The molecule has 566 valence electrons. The number of hydrogen-bond donors (Lipinski definition) is 3. The number of hydrogen-bond acceptors (Lipinski definition) is 12. The predicted octanol–water partition coefficient (Wildman–Crippen LogP) is 4.89. The van der Waals surface area contributed by atoms with Crippen molar-refractivity contribution in [1.82, 2.24) is 60.0 Å². The van der Waals surface area contributed by atoms with Crippen molar-refractivity contribution in [2.75, 3.05) is 76.5 Å². The minimum atomic E-state index is -5.44. The molecule has 103 heavy (non-hydrogen) atoms. The highest BCUT2D eigenvalue weighted by molar-refractivity contribution is 6.01. The molecule has 2 aliphatic heterocycles. The number of halogens is 6. The lowest BCUT2D eigenvalue weighted by Crippen LogP contribution is -2.65. The van der Waals surface area contributed by atoms with Gasteiger partial charge in [-0.2, -0.15) is 13.2 Å². The molecular formula is C73H100F6N12O12. The summed E-state index contributed by atoms with van der Waals surface area (Å²) in [5.74, 6) is -15.6. The van der Waals surface area contributed by atoms with E-state index in [1.54, 1.807) is 52.0 Å². The molecule has 2 saturated heterocycles. The number of rotatable bonds is 12. The second-order valence-electron chi connectivity index (χ2n) is 28.2. The van der Waals surface area contributed by atoms with E-state index in [0.717, 1.165) is 52.0 Å². The zero-order valence-corrected chi connectivity index (χ0v) is 61.7. The summed E-state index contributed by atoms with van der Waals surface area (Å²) >= 11 is 0. The summed E-state index contributed by atoms with van der Waals surface area (Å²) in [7, 11) is 11.9. The summed E-state index contributed by atoms with van der Waals surface area (Å²) in [6.45, 7) is 10.8. The van der Waals surface area contributed by atoms with Crippen LogP contribution >= 0.6 is 0 Å². The zero-order chi connectivity index (χ0) is 77.2. The molecule has 24 nitrogen and oxygen atoms in total. The van der Waals surface area contributed by atoms with E-state index in [-0.39, 0.29) is 49.8 Å². The Morgan fingerprint density at radius 1 is 0.621 bits per heavy atom. The maximum absolute atomic E-state index is 15.6. The van der Waals surface area contributed by atoms with Crippen molar-refractivity contribution in [1.29, 1.82) is 0 Å². The van der Waals surface area contributed by atoms with Crippen LogP contribution in [0.3, 0.4) is 0 Å². The lowest BCUT2D eigenvalue weighted by molar-refractivity contribution is -0.160. The van der Waals surface area contributed by atoms with Crippen LogP contribution in [0.2, 0.25) is 0 Å². The number of benzene rings is 3. The van der Waals surface area contributed by atoms with Crippen molar-refractivity contribution >= 4 is 70.9 Å². The Labute approximate surface area is 598 Å². The Morgan fingerprint density at radius 2 is 1.17 bits per heavy atom. The van der Waals surface area contributed by atoms with Gasteiger partial charge in [0, 0.05) is 82.8 Å². The number of nitrogens with one attached hydrogen (secondary N) is 3. The fraction of sp³-hybridized carbons (Fsp3) is 0.589. The molecule has 3 aliphatic rings. The van der Waals surface area contributed by atoms with Crippen molar-refractivity contribution in [3.05, 3.63) is 106 Å². The summed E-state index contributed by atoms with van der Waals surface area (Å²) in [6, 6.07) is -0.0486. The first kappa shape index (κ1) is 82.8. The van der Waals surface area contributed by atoms with Crippen molar-refractivity contribution in [2.45, 2.75) is 192 Å². The van der Waals surface area contributed by atoms with Gasteiger partial charge in [0.15, 0.2) is 0 Å². The Kier molecular flexibility index (Phi) is 28.1.